The molecule has 1 rings (SSSR count). The summed E-state index contributed by atoms with van der Waals surface area (Å²) in [6.45, 7) is 2.18. The normalized spacial score (nSPS) is 22.2. The summed E-state index contributed by atoms with van der Waals surface area (Å²) >= 11 is 0. The minimum atomic E-state index is -0.913. The Kier molecular flexibility index (Phi) is 11.1. The van der Waals surface area contributed by atoms with Crippen LogP contribution in [0.5, 0.6) is 0 Å². The molecule has 2 N–H and O–H groups in total. The Hall–Kier alpha value is -1.42. The largest absolute Gasteiger partial charge is 0.478 e. The molecule has 1 aliphatic rings. The molecule has 0 amide bonds. The lowest BCUT2D eigenvalue weighted by atomic mass is 9.89. The summed E-state index contributed by atoms with van der Waals surface area (Å²) < 4.78 is 0. The number of unbranched alkanes of at least 4 members (excludes halogenated alkanes) is 5. The molecule has 0 bridgehead atoms. The number of aliphatic hydroxyl groups is 1. The number of carboxylic acids is 1. The molecule has 3 atom stereocenters. The SMILES string of the molecule is CCCCCC[C@H](O)/C=C/[C@H]1CCC(=O)[C@@H]1CCCC/C=C/C(=O)O. The van der Waals surface area contributed by atoms with E-state index in [-0.39, 0.29) is 11.8 Å². The van der Waals surface area contributed by atoms with Crippen LogP contribution in [-0.2, 0) is 9.59 Å². The number of allylic oxidation sites excluding steroid dienone is 2. The van der Waals surface area contributed by atoms with E-state index in [2.05, 4.69) is 13.0 Å². The van der Waals surface area contributed by atoms with Crippen molar-refractivity contribution in [2.75, 3.05) is 0 Å². The van der Waals surface area contributed by atoms with E-state index in [1.807, 2.05) is 6.08 Å². The van der Waals surface area contributed by atoms with Gasteiger partial charge in [-0.15, -0.1) is 0 Å². The predicted molar refractivity (Wildman–Crippen MR) is 100 cm³/mol. The molecule has 4 heteroatoms. The minimum absolute atomic E-state index is 0.0759. The number of aliphatic hydroxyl groups excluding tert-OH is 1. The van der Waals surface area contributed by atoms with Crippen molar-refractivity contribution in [3.05, 3.63) is 24.3 Å². The zero-order valence-corrected chi connectivity index (χ0v) is 15.5. The second kappa shape index (κ2) is 12.9. The summed E-state index contributed by atoms with van der Waals surface area (Å²) in [5.41, 5.74) is 0. The highest BCUT2D eigenvalue weighted by Crippen LogP contribution is 2.34. The highest BCUT2D eigenvalue weighted by atomic mass is 16.4. The van der Waals surface area contributed by atoms with E-state index < -0.39 is 12.1 Å². The van der Waals surface area contributed by atoms with Gasteiger partial charge in [0, 0.05) is 18.4 Å². The maximum Gasteiger partial charge on any atom is 0.327 e. The molecule has 0 unspecified atom stereocenters. The lowest BCUT2D eigenvalue weighted by Gasteiger charge is -2.15. The highest BCUT2D eigenvalue weighted by molar-refractivity contribution is 5.83. The second-order valence-electron chi connectivity index (χ2n) is 7.10. The monoisotopic (exact) mass is 350 g/mol. The first-order chi connectivity index (χ1) is 12.0. The van der Waals surface area contributed by atoms with E-state index >= 15 is 0 Å². The number of hydrogen-bond acceptors (Lipinski definition) is 3. The topological polar surface area (TPSA) is 74.6 Å². The quantitative estimate of drug-likeness (QED) is 0.287. The van der Waals surface area contributed by atoms with Crippen LogP contribution in [0.1, 0.15) is 77.6 Å². The van der Waals surface area contributed by atoms with E-state index in [1.54, 1.807) is 6.08 Å². The van der Waals surface area contributed by atoms with Crippen LogP contribution in [0.25, 0.3) is 0 Å². The Balaban J connectivity index is 2.31. The van der Waals surface area contributed by atoms with Crippen LogP contribution >= 0.6 is 0 Å². The molecule has 0 aromatic heterocycles. The number of carbonyl (C=O) groups excluding carboxylic acids is 1. The summed E-state index contributed by atoms with van der Waals surface area (Å²) in [7, 11) is 0. The lowest BCUT2D eigenvalue weighted by Crippen LogP contribution is -2.14. The van der Waals surface area contributed by atoms with Crippen molar-refractivity contribution in [3.8, 4) is 0 Å². The van der Waals surface area contributed by atoms with Crippen LogP contribution in [0, 0.1) is 11.8 Å². The number of ketones is 1. The minimum Gasteiger partial charge on any atom is -0.478 e. The van der Waals surface area contributed by atoms with Gasteiger partial charge in [0.1, 0.15) is 5.78 Å². The Bertz CT molecular complexity index is 453. The molecule has 1 saturated carbocycles. The number of rotatable bonds is 13. The molecule has 0 aromatic carbocycles. The fourth-order valence-corrected chi connectivity index (χ4v) is 3.50. The number of aliphatic carboxylic acids is 1. The first-order valence-electron chi connectivity index (χ1n) is 9.83. The van der Waals surface area contributed by atoms with Crippen LogP contribution in [0.3, 0.4) is 0 Å². The van der Waals surface area contributed by atoms with E-state index in [0.717, 1.165) is 44.9 Å². The molecule has 1 fully saturated rings. The molecule has 4 nitrogen and oxygen atoms in total. The van der Waals surface area contributed by atoms with Crippen LogP contribution < -0.4 is 0 Å². The molecule has 0 aliphatic heterocycles. The van der Waals surface area contributed by atoms with E-state index in [4.69, 9.17) is 5.11 Å². The van der Waals surface area contributed by atoms with Gasteiger partial charge in [0.15, 0.2) is 0 Å². The van der Waals surface area contributed by atoms with Crippen molar-refractivity contribution in [1.82, 2.24) is 0 Å². The molecular weight excluding hydrogens is 316 g/mol. The van der Waals surface area contributed by atoms with Crippen molar-refractivity contribution in [2.24, 2.45) is 11.8 Å². The summed E-state index contributed by atoms with van der Waals surface area (Å²) in [5, 5.41) is 18.6. The molecule has 0 heterocycles. The number of Topliss-reactive ketones (excluding diaryl/α,β-unsaturated/α-hetero) is 1. The summed E-state index contributed by atoms with van der Waals surface area (Å²) in [5.74, 6) is -0.239. The molecule has 0 radical (unpaired) electrons. The van der Waals surface area contributed by atoms with Crippen molar-refractivity contribution in [1.29, 1.82) is 0 Å². The van der Waals surface area contributed by atoms with Gasteiger partial charge in [0.05, 0.1) is 6.10 Å². The summed E-state index contributed by atoms with van der Waals surface area (Å²) in [4.78, 5) is 22.5. The van der Waals surface area contributed by atoms with Gasteiger partial charge in [0.2, 0.25) is 0 Å². The fourth-order valence-electron chi connectivity index (χ4n) is 3.50. The molecule has 0 aromatic rings. The molecule has 0 saturated heterocycles. The molecule has 0 spiro atoms. The third-order valence-corrected chi connectivity index (χ3v) is 4.98. The Morgan fingerprint density at radius 1 is 1.24 bits per heavy atom. The van der Waals surface area contributed by atoms with Gasteiger partial charge < -0.3 is 10.2 Å². The molecule has 142 valence electrons. The van der Waals surface area contributed by atoms with Gasteiger partial charge in [-0.3, -0.25) is 4.79 Å². The van der Waals surface area contributed by atoms with Crippen LogP contribution in [0.4, 0.5) is 0 Å². The second-order valence-corrected chi connectivity index (χ2v) is 7.10. The van der Waals surface area contributed by atoms with Crippen LogP contribution in [0.15, 0.2) is 24.3 Å². The first kappa shape index (κ1) is 21.6. The van der Waals surface area contributed by atoms with E-state index in [9.17, 15) is 14.7 Å². The first-order valence-corrected chi connectivity index (χ1v) is 9.83. The smallest absolute Gasteiger partial charge is 0.327 e. The number of hydrogen-bond donors (Lipinski definition) is 2. The van der Waals surface area contributed by atoms with Gasteiger partial charge in [-0.05, 0) is 38.0 Å². The van der Waals surface area contributed by atoms with Crippen molar-refractivity contribution < 1.29 is 19.8 Å². The van der Waals surface area contributed by atoms with Gasteiger partial charge in [-0.25, -0.2) is 4.79 Å². The average molecular weight is 350 g/mol. The highest BCUT2D eigenvalue weighted by Gasteiger charge is 2.32. The van der Waals surface area contributed by atoms with Gasteiger partial charge in [-0.1, -0.05) is 57.3 Å². The van der Waals surface area contributed by atoms with Crippen molar-refractivity contribution in [3.63, 3.8) is 0 Å². The Morgan fingerprint density at radius 2 is 2.04 bits per heavy atom. The summed E-state index contributed by atoms with van der Waals surface area (Å²) in [6, 6.07) is 0. The van der Waals surface area contributed by atoms with Gasteiger partial charge >= 0.3 is 5.97 Å². The molecule has 25 heavy (non-hydrogen) atoms. The molecular formula is C21H34O4. The van der Waals surface area contributed by atoms with Crippen LogP contribution in [0.2, 0.25) is 0 Å². The lowest BCUT2D eigenvalue weighted by molar-refractivity contribution is -0.131. The standard InChI is InChI=1S/C21H34O4/c1-2-3-4-7-10-18(22)15-13-17-14-16-20(23)19(17)11-8-5-6-9-12-21(24)25/h9,12-13,15,17-19,22H,2-8,10-11,14,16H2,1H3,(H,24,25)/b12-9+,15-13+/t17-,18-,19+/m0/s1. The Morgan fingerprint density at radius 3 is 2.76 bits per heavy atom. The van der Waals surface area contributed by atoms with Gasteiger partial charge in [0.25, 0.3) is 0 Å². The van der Waals surface area contributed by atoms with Crippen LogP contribution in [-0.4, -0.2) is 28.1 Å². The average Bonchev–Trinajstić information content (AvgIpc) is 2.93. The third-order valence-electron chi connectivity index (χ3n) is 4.98. The summed E-state index contributed by atoms with van der Waals surface area (Å²) in [6.07, 6.45) is 16.8. The maximum atomic E-state index is 12.1. The van der Waals surface area contributed by atoms with Crippen molar-refractivity contribution >= 4 is 11.8 Å². The maximum absolute atomic E-state index is 12.1. The van der Waals surface area contributed by atoms with E-state index in [0.29, 0.717) is 12.2 Å². The van der Waals surface area contributed by atoms with Crippen molar-refractivity contribution in [2.45, 2.75) is 83.7 Å². The fraction of sp³-hybridized carbons (Fsp3) is 0.714. The Labute approximate surface area is 152 Å². The predicted octanol–water partition coefficient (Wildman–Crippen LogP) is 4.67. The van der Waals surface area contributed by atoms with E-state index in [1.165, 1.54) is 25.3 Å². The zero-order chi connectivity index (χ0) is 18.5. The third kappa shape index (κ3) is 9.59. The number of carbonyl (C=O) groups is 2. The van der Waals surface area contributed by atoms with Gasteiger partial charge in [-0.2, -0.15) is 0 Å². The number of carboxylic acid groups (broad SMARTS) is 1. The molecule has 1 aliphatic carbocycles. The zero-order valence-electron chi connectivity index (χ0n) is 15.5.